The second kappa shape index (κ2) is 7.34. The Labute approximate surface area is 156 Å². The molecule has 1 atom stereocenters. The standard InChI is InChI=1S/C19H23F3N4O/c1-11-7-13(19(20,21)22)8-15(27)16(11)18-17(12(2)9-23-25-18)24-14-5-4-6-26(3)10-14/h7-9,14,27H,4-6,10H2,1-3H3,(H,23,24)/t14-/m0/s1. The van der Waals surface area contributed by atoms with Crippen molar-refractivity contribution in [1.82, 2.24) is 15.1 Å². The van der Waals surface area contributed by atoms with E-state index in [4.69, 9.17) is 0 Å². The third kappa shape index (κ3) is 4.16. The first-order valence-electron chi connectivity index (χ1n) is 8.85. The number of hydrogen-bond donors (Lipinski definition) is 2. The van der Waals surface area contributed by atoms with Crippen molar-refractivity contribution in [2.45, 2.75) is 38.9 Å². The Balaban J connectivity index is 2.04. The van der Waals surface area contributed by atoms with Crippen molar-refractivity contribution >= 4 is 5.69 Å². The summed E-state index contributed by atoms with van der Waals surface area (Å²) in [6.07, 6.45) is -0.864. The molecule has 0 amide bonds. The Morgan fingerprint density at radius 2 is 1.96 bits per heavy atom. The number of phenols is 1. The maximum atomic E-state index is 13.0. The summed E-state index contributed by atoms with van der Waals surface area (Å²) in [4.78, 5) is 2.23. The van der Waals surface area contributed by atoms with Crippen LogP contribution in [-0.2, 0) is 6.18 Å². The fourth-order valence-corrected chi connectivity index (χ4v) is 3.56. The van der Waals surface area contributed by atoms with Gasteiger partial charge >= 0.3 is 6.18 Å². The van der Waals surface area contributed by atoms with Crippen molar-refractivity contribution in [2.75, 3.05) is 25.5 Å². The van der Waals surface area contributed by atoms with E-state index in [1.807, 2.05) is 6.92 Å². The van der Waals surface area contributed by atoms with Crippen LogP contribution in [0.25, 0.3) is 11.3 Å². The van der Waals surface area contributed by atoms with Crippen LogP contribution in [0.3, 0.4) is 0 Å². The molecule has 146 valence electrons. The Bertz CT molecular complexity index is 815. The maximum absolute atomic E-state index is 13.0. The highest BCUT2D eigenvalue weighted by molar-refractivity contribution is 5.82. The number of benzene rings is 1. The van der Waals surface area contributed by atoms with E-state index >= 15 is 0 Å². The van der Waals surface area contributed by atoms with E-state index in [1.165, 1.54) is 6.92 Å². The van der Waals surface area contributed by atoms with Gasteiger partial charge in [0.1, 0.15) is 11.4 Å². The largest absolute Gasteiger partial charge is 0.507 e. The van der Waals surface area contributed by atoms with Gasteiger partial charge in [-0.25, -0.2) is 0 Å². The number of anilines is 1. The molecule has 27 heavy (non-hydrogen) atoms. The molecule has 1 aliphatic rings. The Hall–Kier alpha value is -2.35. The molecule has 2 heterocycles. The summed E-state index contributed by atoms with van der Waals surface area (Å²) in [5.41, 5.74) is 1.57. The number of hydrogen-bond acceptors (Lipinski definition) is 5. The average molecular weight is 380 g/mol. The van der Waals surface area contributed by atoms with Crippen LogP contribution in [0.2, 0.25) is 0 Å². The number of nitrogens with one attached hydrogen (secondary N) is 1. The normalized spacial score (nSPS) is 18.5. The number of halogens is 3. The number of phenolic OH excluding ortho intramolecular Hbond substituents is 1. The molecule has 8 heteroatoms. The Morgan fingerprint density at radius 3 is 2.59 bits per heavy atom. The molecule has 0 saturated carbocycles. The highest BCUT2D eigenvalue weighted by atomic mass is 19.4. The van der Waals surface area contributed by atoms with Crippen molar-refractivity contribution in [3.8, 4) is 17.0 Å². The topological polar surface area (TPSA) is 61.3 Å². The molecule has 2 N–H and O–H groups in total. The lowest BCUT2D eigenvalue weighted by Gasteiger charge is -2.31. The highest BCUT2D eigenvalue weighted by Crippen LogP contribution is 2.41. The van der Waals surface area contributed by atoms with Crippen LogP contribution < -0.4 is 5.32 Å². The second-order valence-corrected chi connectivity index (χ2v) is 7.18. The molecule has 1 aromatic carbocycles. The first-order valence-corrected chi connectivity index (χ1v) is 8.85. The Morgan fingerprint density at radius 1 is 1.22 bits per heavy atom. The molecule has 1 fully saturated rings. The average Bonchev–Trinajstić information content (AvgIpc) is 2.56. The molecule has 0 spiro atoms. The first kappa shape index (κ1) is 19.4. The SMILES string of the molecule is Cc1cnnc(-c2c(C)cc(C(F)(F)F)cc2O)c1N[C@H]1CCCN(C)C1. The smallest absolute Gasteiger partial charge is 0.416 e. The van der Waals surface area contributed by atoms with Crippen LogP contribution in [0.5, 0.6) is 5.75 Å². The van der Waals surface area contributed by atoms with Crippen LogP contribution in [0.4, 0.5) is 18.9 Å². The molecule has 1 aliphatic heterocycles. The number of piperidine rings is 1. The summed E-state index contributed by atoms with van der Waals surface area (Å²) in [5.74, 6) is -0.453. The molecule has 2 aromatic rings. The molecule has 0 aliphatic carbocycles. The monoisotopic (exact) mass is 380 g/mol. The molecular formula is C19H23F3N4O. The minimum absolute atomic E-state index is 0.197. The number of aryl methyl sites for hydroxylation is 2. The van der Waals surface area contributed by atoms with Crippen molar-refractivity contribution < 1.29 is 18.3 Å². The predicted molar refractivity (Wildman–Crippen MR) is 97.8 cm³/mol. The van der Waals surface area contributed by atoms with Gasteiger partial charge in [-0.3, -0.25) is 0 Å². The van der Waals surface area contributed by atoms with Crippen LogP contribution in [0, 0.1) is 13.8 Å². The van der Waals surface area contributed by atoms with E-state index in [0.29, 0.717) is 16.9 Å². The van der Waals surface area contributed by atoms with Crippen LogP contribution in [-0.4, -0.2) is 46.4 Å². The van der Waals surface area contributed by atoms with Gasteiger partial charge in [0.05, 0.1) is 17.4 Å². The van der Waals surface area contributed by atoms with Crippen molar-refractivity contribution in [1.29, 1.82) is 0 Å². The number of rotatable bonds is 3. The van der Waals surface area contributed by atoms with Crippen molar-refractivity contribution in [3.05, 3.63) is 35.0 Å². The molecule has 5 nitrogen and oxygen atoms in total. The molecule has 3 rings (SSSR count). The number of likely N-dealkylation sites (tertiary alicyclic amines) is 1. The van der Waals surface area contributed by atoms with Gasteiger partial charge in [0.15, 0.2) is 0 Å². The number of aromatic hydroxyl groups is 1. The van der Waals surface area contributed by atoms with Gasteiger partial charge in [0.2, 0.25) is 0 Å². The zero-order chi connectivity index (χ0) is 19.8. The van der Waals surface area contributed by atoms with E-state index in [2.05, 4.69) is 27.5 Å². The Kier molecular flexibility index (Phi) is 5.28. The molecular weight excluding hydrogens is 357 g/mol. The van der Waals surface area contributed by atoms with E-state index in [-0.39, 0.29) is 11.6 Å². The van der Waals surface area contributed by atoms with Gasteiger partial charge in [-0.2, -0.15) is 18.3 Å². The zero-order valence-electron chi connectivity index (χ0n) is 15.6. The third-order valence-electron chi connectivity index (χ3n) is 4.89. The molecule has 1 saturated heterocycles. The molecule has 0 unspecified atom stereocenters. The minimum atomic E-state index is -4.52. The summed E-state index contributed by atoms with van der Waals surface area (Å²) in [6, 6.07) is 1.96. The van der Waals surface area contributed by atoms with E-state index in [1.54, 1.807) is 6.20 Å². The van der Waals surface area contributed by atoms with Gasteiger partial charge in [0, 0.05) is 18.2 Å². The third-order valence-corrected chi connectivity index (χ3v) is 4.89. The summed E-state index contributed by atoms with van der Waals surface area (Å²) in [6.45, 7) is 5.30. The van der Waals surface area contributed by atoms with Gasteiger partial charge < -0.3 is 15.3 Å². The first-order chi connectivity index (χ1) is 12.7. The number of aromatic nitrogens is 2. The van der Waals surface area contributed by atoms with E-state index in [9.17, 15) is 18.3 Å². The number of nitrogens with zero attached hydrogens (tertiary/aromatic N) is 3. The van der Waals surface area contributed by atoms with Gasteiger partial charge in [0.25, 0.3) is 0 Å². The van der Waals surface area contributed by atoms with Gasteiger partial charge in [-0.15, -0.1) is 5.10 Å². The van der Waals surface area contributed by atoms with Crippen LogP contribution in [0.1, 0.15) is 29.5 Å². The number of alkyl halides is 3. The molecule has 0 radical (unpaired) electrons. The molecule has 1 aromatic heterocycles. The van der Waals surface area contributed by atoms with Crippen LogP contribution >= 0.6 is 0 Å². The summed E-state index contributed by atoms with van der Waals surface area (Å²) >= 11 is 0. The van der Waals surface area contributed by atoms with Gasteiger partial charge in [-0.1, -0.05) is 0 Å². The zero-order valence-corrected chi connectivity index (χ0v) is 15.6. The highest BCUT2D eigenvalue weighted by Gasteiger charge is 2.32. The summed E-state index contributed by atoms with van der Waals surface area (Å²) in [5, 5.41) is 21.9. The fraction of sp³-hybridized carbons (Fsp3) is 0.474. The lowest BCUT2D eigenvalue weighted by molar-refractivity contribution is -0.137. The minimum Gasteiger partial charge on any atom is -0.507 e. The quantitative estimate of drug-likeness (QED) is 0.843. The predicted octanol–water partition coefficient (Wildman–Crippen LogP) is 3.99. The van der Waals surface area contributed by atoms with E-state index in [0.717, 1.165) is 43.6 Å². The van der Waals surface area contributed by atoms with Crippen molar-refractivity contribution in [3.63, 3.8) is 0 Å². The summed E-state index contributed by atoms with van der Waals surface area (Å²) in [7, 11) is 2.05. The van der Waals surface area contributed by atoms with Gasteiger partial charge in [-0.05, 0) is 63.5 Å². The lowest BCUT2D eigenvalue weighted by atomic mass is 9.97. The molecule has 0 bridgehead atoms. The maximum Gasteiger partial charge on any atom is 0.416 e. The lowest BCUT2D eigenvalue weighted by Crippen LogP contribution is -2.40. The summed E-state index contributed by atoms with van der Waals surface area (Å²) < 4.78 is 39.0. The number of likely N-dealkylation sites (N-methyl/N-ethyl adjacent to an activating group) is 1. The van der Waals surface area contributed by atoms with E-state index < -0.39 is 17.5 Å². The van der Waals surface area contributed by atoms with Crippen molar-refractivity contribution in [2.24, 2.45) is 0 Å². The fourth-order valence-electron chi connectivity index (χ4n) is 3.56. The second-order valence-electron chi connectivity index (χ2n) is 7.18. The van der Waals surface area contributed by atoms with Crippen LogP contribution in [0.15, 0.2) is 18.3 Å².